The smallest absolute Gasteiger partial charge is 0.317 e. The van der Waals surface area contributed by atoms with E-state index >= 15 is 0 Å². The Hall–Kier alpha value is -1.61. The van der Waals surface area contributed by atoms with Gasteiger partial charge < -0.3 is 4.74 Å². The van der Waals surface area contributed by atoms with E-state index in [1.54, 1.807) is 0 Å². The van der Waals surface area contributed by atoms with Gasteiger partial charge in [0.1, 0.15) is 6.61 Å². The second-order valence-corrected chi connectivity index (χ2v) is 4.22. The Morgan fingerprint density at radius 3 is 2.41 bits per heavy atom. The third kappa shape index (κ3) is 3.17. The van der Waals surface area contributed by atoms with Crippen molar-refractivity contribution in [3.05, 3.63) is 52.3 Å². The molecule has 88 valence electrons. The van der Waals surface area contributed by atoms with Crippen molar-refractivity contribution in [2.75, 3.05) is 0 Å². The molecule has 1 aromatic carbocycles. The number of rotatable bonds is 3. The van der Waals surface area contributed by atoms with Crippen LogP contribution in [0.5, 0.6) is 6.01 Å². The normalized spacial score (nSPS) is 10.3. The van der Waals surface area contributed by atoms with Gasteiger partial charge in [0.05, 0.1) is 0 Å². The fraction of sp³-hybridized carbons (Fsp3) is 0.231. The summed E-state index contributed by atoms with van der Waals surface area (Å²) in [6.45, 7) is 4.20. The highest BCUT2D eigenvalue weighted by Gasteiger charge is 2.03. The lowest BCUT2D eigenvalue weighted by atomic mass is 10.2. The van der Waals surface area contributed by atoms with Crippen LogP contribution in [0, 0.1) is 13.8 Å². The van der Waals surface area contributed by atoms with Gasteiger partial charge in [-0.1, -0.05) is 29.8 Å². The lowest BCUT2D eigenvalue weighted by Crippen LogP contribution is -2.01. The number of aromatic nitrogens is 2. The molecule has 0 aliphatic rings. The summed E-state index contributed by atoms with van der Waals surface area (Å²) >= 11 is 6.03. The van der Waals surface area contributed by atoms with Crippen LogP contribution in [0.15, 0.2) is 30.3 Å². The Balaban J connectivity index is 2.10. The standard InChI is InChI=1S/C13H13ClN2O/c1-9-7-10(2)16-13(15-9)17-8-11-5-3-4-6-12(11)14/h3-7H,8H2,1-2H3. The summed E-state index contributed by atoms with van der Waals surface area (Å²) in [5.41, 5.74) is 2.72. The minimum atomic E-state index is 0.378. The minimum Gasteiger partial charge on any atom is -0.459 e. The maximum absolute atomic E-state index is 6.03. The zero-order valence-electron chi connectivity index (χ0n) is 9.77. The first-order chi connectivity index (χ1) is 8.15. The van der Waals surface area contributed by atoms with Crippen LogP contribution in [-0.2, 0) is 6.61 Å². The molecule has 0 saturated carbocycles. The van der Waals surface area contributed by atoms with Crippen molar-refractivity contribution >= 4 is 11.6 Å². The molecule has 0 radical (unpaired) electrons. The molecule has 2 aromatic rings. The zero-order valence-corrected chi connectivity index (χ0v) is 10.5. The summed E-state index contributed by atoms with van der Waals surface area (Å²) in [7, 11) is 0. The Morgan fingerprint density at radius 2 is 1.76 bits per heavy atom. The van der Waals surface area contributed by atoms with Crippen LogP contribution in [0.3, 0.4) is 0 Å². The highest BCUT2D eigenvalue weighted by molar-refractivity contribution is 6.31. The number of nitrogens with zero attached hydrogens (tertiary/aromatic N) is 2. The molecule has 1 aromatic heterocycles. The molecule has 0 spiro atoms. The van der Waals surface area contributed by atoms with Crippen LogP contribution < -0.4 is 4.74 Å². The SMILES string of the molecule is Cc1cc(C)nc(OCc2ccccc2Cl)n1. The van der Waals surface area contributed by atoms with Crippen LogP contribution in [0.4, 0.5) is 0 Å². The number of benzene rings is 1. The van der Waals surface area contributed by atoms with Gasteiger partial charge >= 0.3 is 6.01 Å². The van der Waals surface area contributed by atoms with Gasteiger partial charge in [0.25, 0.3) is 0 Å². The van der Waals surface area contributed by atoms with Gasteiger partial charge in [-0.2, -0.15) is 0 Å². The van der Waals surface area contributed by atoms with E-state index in [1.807, 2.05) is 44.2 Å². The molecule has 17 heavy (non-hydrogen) atoms. The largest absolute Gasteiger partial charge is 0.459 e. The van der Waals surface area contributed by atoms with Crippen LogP contribution in [-0.4, -0.2) is 9.97 Å². The number of halogens is 1. The van der Waals surface area contributed by atoms with E-state index < -0.39 is 0 Å². The molecule has 2 rings (SSSR count). The van der Waals surface area contributed by atoms with Gasteiger partial charge in [-0.3, -0.25) is 0 Å². The van der Waals surface area contributed by atoms with Gasteiger partial charge in [-0.05, 0) is 26.0 Å². The predicted octanol–water partition coefficient (Wildman–Crippen LogP) is 3.33. The van der Waals surface area contributed by atoms with Crippen molar-refractivity contribution in [3.63, 3.8) is 0 Å². The van der Waals surface area contributed by atoms with Crippen LogP contribution in [0.1, 0.15) is 17.0 Å². The second kappa shape index (κ2) is 5.15. The molecule has 0 aliphatic heterocycles. The predicted molar refractivity (Wildman–Crippen MR) is 67.3 cm³/mol. The molecule has 4 heteroatoms. The summed E-state index contributed by atoms with van der Waals surface area (Å²) in [6.07, 6.45) is 0. The van der Waals surface area contributed by atoms with E-state index in [4.69, 9.17) is 16.3 Å². The van der Waals surface area contributed by atoms with E-state index in [0.717, 1.165) is 17.0 Å². The molecule has 0 N–H and O–H groups in total. The third-order valence-corrected chi connectivity index (χ3v) is 2.65. The van der Waals surface area contributed by atoms with Crippen LogP contribution >= 0.6 is 11.6 Å². The summed E-state index contributed by atoms with van der Waals surface area (Å²) in [5, 5.41) is 0.692. The van der Waals surface area contributed by atoms with E-state index in [9.17, 15) is 0 Å². The summed E-state index contributed by atoms with van der Waals surface area (Å²) in [4.78, 5) is 8.40. The highest BCUT2D eigenvalue weighted by atomic mass is 35.5. The van der Waals surface area contributed by atoms with Crippen LogP contribution in [0.2, 0.25) is 5.02 Å². The summed E-state index contributed by atoms with van der Waals surface area (Å²) < 4.78 is 5.53. The molecule has 0 unspecified atom stereocenters. The van der Waals surface area contributed by atoms with Gasteiger partial charge in [-0.15, -0.1) is 0 Å². The first-order valence-corrected chi connectivity index (χ1v) is 5.71. The van der Waals surface area contributed by atoms with E-state index in [2.05, 4.69) is 9.97 Å². The van der Waals surface area contributed by atoms with Gasteiger partial charge in [0, 0.05) is 22.0 Å². The first-order valence-electron chi connectivity index (χ1n) is 5.33. The molecule has 0 bridgehead atoms. The lowest BCUT2D eigenvalue weighted by molar-refractivity contribution is 0.279. The molecule has 0 aliphatic carbocycles. The maximum atomic E-state index is 6.03. The van der Waals surface area contributed by atoms with Gasteiger partial charge in [0.15, 0.2) is 0 Å². The quantitative estimate of drug-likeness (QED) is 0.836. The van der Waals surface area contributed by atoms with Crippen molar-refractivity contribution in [2.45, 2.75) is 20.5 Å². The molecular formula is C13H13ClN2O. The zero-order chi connectivity index (χ0) is 12.3. The molecule has 0 amide bonds. The fourth-order valence-corrected chi connectivity index (χ4v) is 1.71. The van der Waals surface area contributed by atoms with Gasteiger partial charge in [-0.25, -0.2) is 9.97 Å². The van der Waals surface area contributed by atoms with Crippen molar-refractivity contribution < 1.29 is 4.74 Å². The van der Waals surface area contributed by atoms with E-state index in [0.29, 0.717) is 17.6 Å². The first kappa shape index (κ1) is 11.9. The van der Waals surface area contributed by atoms with Crippen LogP contribution in [0.25, 0.3) is 0 Å². The monoisotopic (exact) mass is 248 g/mol. The minimum absolute atomic E-state index is 0.378. The Labute approximate surface area is 105 Å². The number of hydrogen-bond acceptors (Lipinski definition) is 3. The third-order valence-electron chi connectivity index (χ3n) is 2.28. The number of aryl methyl sites for hydroxylation is 2. The molecule has 1 heterocycles. The lowest BCUT2D eigenvalue weighted by Gasteiger charge is -2.07. The molecule has 3 nitrogen and oxygen atoms in total. The summed E-state index contributed by atoms with van der Waals surface area (Å²) in [5.74, 6) is 0. The number of ether oxygens (including phenoxy) is 1. The van der Waals surface area contributed by atoms with E-state index in [1.165, 1.54) is 0 Å². The molecule has 0 saturated heterocycles. The molecule has 0 fully saturated rings. The van der Waals surface area contributed by atoms with Crippen molar-refractivity contribution in [1.82, 2.24) is 9.97 Å². The van der Waals surface area contributed by atoms with Crippen molar-refractivity contribution in [3.8, 4) is 6.01 Å². The van der Waals surface area contributed by atoms with Gasteiger partial charge in [0.2, 0.25) is 0 Å². The van der Waals surface area contributed by atoms with Crippen molar-refractivity contribution in [1.29, 1.82) is 0 Å². The summed E-state index contributed by atoms with van der Waals surface area (Å²) in [6, 6.07) is 9.87. The molecular weight excluding hydrogens is 236 g/mol. The second-order valence-electron chi connectivity index (χ2n) is 3.81. The number of hydrogen-bond donors (Lipinski definition) is 0. The Morgan fingerprint density at radius 1 is 1.12 bits per heavy atom. The maximum Gasteiger partial charge on any atom is 0.317 e. The van der Waals surface area contributed by atoms with Crippen molar-refractivity contribution in [2.24, 2.45) is 0 Å². The topological polar surface area (TPSA) is 35.0 Å². The Bertz CT molecular complexity index is 508. The van der Waals surface area contributed by atoms with E-state index in [-0.39, 0.29) is 0 Å². The molecule has 0 atom stereocenters. The Kier molecular flexibility index (Phi) is 3.59. The fourth-order valence-electron chi connectivity index (χ4n) is 1.52. The average molecular weight is 249 g/mol. The highest BCUT2D eigenvalue weighted by Crippen LogP contribution is 2.16. The average Bonchev–Trinajstić information content (AvgIpc) is 2.27.